The van der Waals surface area contributed by atoms with E-state index >= 15 is 0 Å². The second-order valence-corrected chi connectivity index (χ2v) is 8.00. The highest BCUT2D eigenvalue weighted by atomic mass is 79.9. The van der Waals surface area contributed by atoms with E-state index in [1.807, 2.05) is 47.4 Å². The molecule has 1 atom stereocenters. The van der Waals surface area contributed by atoms with Gasteiger partial charge in [0, 0.05) is 36.1 Å². The van der Waals surface area contributed by atoms with Gasteiger partial charge in [-0.1, -0.05) is 46.3 Å². The predicted molar refractivity (Wildman–Crippen MR) is 112 cm³/mol. The number of hydrogen-bond acceptors (Lipinski definition) is 3. The number of hydrogen-bond donors (Lipinski definition) is 2. The molecule has 0 bridgehead atoms. The second-order valence-electron chi connectivity index (χ2n) is 7.09. The Morgan fingerprint density at radius 3 is 2.36 bits per heavy atom. The van der Waals surface area contributed by atoms with Crippen LogP contribution in [0.15, 0.2) is 59.1 Å². The van der Waals surface area contributed by atoms with Crippen LogP contribution in [0.1, 0.15) is 41.3 Å². The normalized spacial score (nSPS) is 15.9. The number of nitrogens with zero attached hydrogens (tertiary/aromatic N) is 1. The van der Waals surface area contributed by atoms with Crippen molar-refractivity contribution in [2.24, 2.45) is 5.92 Å². The number of piperidine rings is 1. The summed E-state index contributed by atoms with van der Waals surface area (Å²) in [4.78, 5) is 26.3. The molecule has 2 N–H and O–H groups in total. The van der Waals surface area contributed by atoms with Gasteiger partial charge in [-0.25, -0.2) is 0 Å². The quantitative estimate of drug-likeness (QED) is 0.715. The first-order chi connectivity index (χ1) is 13.5. The Hall–Kier alpha value is -2.18. The summed E-state index contributed by atoms with van der Waals surface area (Å²) in [5.74, 6) is 0.0392. The smallest absolute Gasteiger partial charge is 0.251 e. The summed E-state index contributed by atoms with van der Waals surface area (Å²) >= 11 is 3.34. The Morgan fingerprint density at radius 2 is 1.71 bits per heavy atom. The highest BCUT2D eigenvalue weighted by Gasteiger charge is 2.28. The molecule has 28 heavy (non-hydrogen) atoms. The highest BCUT2D eigenvalue weighted by molar-refractivity contribution is 9.10. The number of halogens is 1. The fraction of sp³-hybridized carbons (Fsp3) is 0.364. The van der Waals surface area contributed by atoms with Crippen molar-refractivity contribution in [3.05, 3.63) is 70.2 Å². The van der Waals surface area contributed by atoms with Crippen LogP contribution in [0.25, 0.3) is 0 Å². The minimum absolute atomic E-state index is 0.0451. The molecule has 3 rings (SSSR count). The van der Waals surface area contributed by atoms with E-state index in [-0.39, 0.29) is 24.2 Å². The van der Waals surface area contributed by atoms with Crippen LogP contribution in [0.5, 0.6) is 0 Å². The van der Waals surface area contributed by atoms with E-state index in [0.29, 0.717) is 25.2 Å². The van der Waals surface area contributed by atoms with Gasteiger partial charge in [0.25, 0.3) is 5.91 Å². The molecule has 1 fully saturated rings. The van der Waals surface area contributed by atoms with Crippen molar-refractivity contribution in [1.29, 1.82) is 0 Å². The number of rotatable bonds is 6. The SMILES string of the molecule is O=C(NCCC(=O)N1CCC([C@H](O)c2ccccc2)CC1)c1ccc(Br)cc1. The Labute approximate surface area is 173 Å². The molecule has 1 saturated heterocycles. The molecule has 0 saturated carbocycles. The third-order valence-corrected chi connectivity index (χ3v) is 5.74. The summed E-state index contributed by atoms with van der Waals surface area (Å²) in [6.07, 6.45) is 1.37. The van der Waals surface area contributed by atoms with Crippen molar-refractivity contribution in [3.63, 3.8) is 0 Å². The summed E-state index contributed by atoms with van der Waals surface area (Å²) in [6, 6.07) is 16.8. The molecule has 5 nitrogen and oxygen atoms in total. The number of likely N-dealkylation sites (tertiary alicyclic amines) is 1. The van der Waals surface area contributed by atoms with Gasteiger partial charge in [0.05, 0.1) is 6.10 Å². The molecule has 2 aromatic rings. The second kappa shape index (κ2) is 9.85. The topological polar surface area (TPSA) is 69.6 Å². The molecule has 0 spiro atoms. The van der Waals surface area contributed by atoms with E-state index in [9.17, 15) is 14.7 Å². The zero-order valence-corrected chi connectivity index (χ0v) is 17.3. The lowest BCUT2D eigenvalue weighted by Crippen LogP contribution is -2.41. The van der Waals surface area contributed by atoms with E-state index in [0.717, 1.165) is 22.9 Å². The summed E-state index contributed by atoms with van der Waals surface area (Å²) in [5, 5.41) is 13.3. The van der Waals surface area contributed by atoms with Gasteiger partial charge in [0.2, 0.25) is 5.91 Å². The molecule has 1 heterocycles. The van der Waals surface area contributed by atoms with Crippen molar-refractivity contribution in [3.8, 4) is 0 Å². The van der Waals surface area contributed by atoms with E-state index < -0.39 is 6.10 Å². The van der Waals surface area contributed by atoms with Crippen molar-refractivity contribution in [2.75, 3.05) is 19.6 Å². The minimum Gasteiger partial charge on any atom is -0.388 e. The van der Waals surface area contributed by atoms with E-state index in [1.54, 1.807) is 12.1 Å². The van der Waals surface area contributed by atoms with Gasteiger partial charge < -0.3 is 15.3 Å². The molecular formula is C22H25BrN2O3. The number of carbonyl (C=O) groups excluding carboxylic acids is 2. The number of nitrogens with one attached hydrogen (secondary N) is 1. The van der Waals surface area contributed by atoms with Gasteiger partial charge in [-0.3, -0.25) is 9.59 Å². The zero-order valence-electron chi connectivity index (χ0n) is 15.7. The van der Waals surface area contributed by atoms with Gasteiger partial charge in [0.15, 0.2) is 0 Å². The van der Waals surface area contributed by atoms with Gasteiger partial charge in [-0.2, -0.15) is 0 Å². The number of aliphatic hydroxyl groups excluding tert-OH is 1. The molecule has 0 aliphatic carbocycles. The van der Waals surface area contributed by atoms with Crippen LogP contribution in [0.2, 0.25) is 0 Å². The van der Waals surface area contributed by atoms with Gasteiger partial charge in [-0.15, -0.1) is 0 Å². The number of carbonyl (C=O) groups is 2. The molecule has 2 aromatic carbocycles. The summed E-state index contributed by atoms with van der Waals surface area (Å²) < 4.78 is 0.917. The van der Waals surface area contributed by atoms with Crippen LogP contribution in [0, 0.1) is 5.92 Å². The molecule has 6 heteroatoms. The molecule has 2 amide bonds. The molecule has 1 aliphatic heterocycles. The molecular weight excluding hydrogens is 420 g/mol. The van der Waals surface area contributed by atoms with Crippen LogP contribution >= 0.6 is 15.9 Å². The lowest BCUT2D eigenvalue weighted by Gasteiger charge is -2.34. The van der Waals surface area contributed by atoms with Gasteiger partial charge in [0.1, 0.15) is 0 Å². The van der Waals surface area contributed by atoms with Crippen molar-refractivity contribution in [1.82, 2.24) is 10.2 Å². The Morgan fingerprint density at radius 1 is 1.07 bits per heavy atom. The maximum atomic E-state index is 12.4. The maximum Gasteiger partial charge on any atom is 0.251 e. The minimum atomic E-state index is -0.483. The summed E-state index contributed by atoms with van der Waals surface area (Å²) in [5.41, 5.74) is 1.51. The number of aliphatic hydroxyl groups is 1. The fourth-order valence-corrected chi connectivity index (χ4v) is 3.80. The average molecular weight is 445 g/mol. The third-order valence-electron chi connectivity index (χ3n) is 5.21. The van der Waals surface area contributed by atoms with Crippen LogP contribution < -0.4 is 5.32 Å². The Kier molecular flexibility index (Phi) is 7.23. The first-order valence-corrected chi connectivity index (χ1v) is 10.4. The fourth-order valence-electron chi connectivity index (χ4n) is 3.53. The molecule has 148 valence electrons. The lowest BCUT2D eigenvalue weighted by molar-refractivity contribution is -0.133. The van der Waals surface area contributed by atoms with Gasteiger partial charge >= 0.3 is 0 Å². The lowest BCUT2D eigenvalue weighted by atomic mass is 9.87. The molecule has 0 unspecified atom stereocenters. The monoisotopic (exact) mass is 444 g/mol. The third kappa shape index (κ3) is 5.42. The Balaban J connectivity index is 1.40. The molecule has 0 aromatic heterocycles. The molecule has 0 radical (unpaired) electrons. The van der Waals surface area contributed by atoms with Crippen LogP contribution in [0.3, 0.4) is 0 Å². The van der Waals surface area contributed by atoms with E-state index in [2.05, 4.69) is 21.2 Å². The maximum absolute atomic E-state index is 12.4. The average Bonchev–Trinajstić information content (AvgIpc) is 2.74. The van der Waals surface area contributed by atoms with Gasteiger partial charge in [-0.05, 0) is 48.6 Å². The van der Waals surface area contributed by atoms with E-state index in [1.165, 1.54) is 0 Å². The summed E-state index contributed by atoms with van der Waals surface area (Å²) in [7, 11) is 0. The first kappa shape index (κ1) is 20.6. The Bertz CT molecular complexity index is 787. The van der Waals surface area contributed by atoms with Crippen LogP contribution in [0.4, 0.5) is 0 Å². The highest BCUT2D eigenvalue weighted by Crippen LogP contribution is 2.30. The molecule has 1 aliphatic rings. The van der Waals surface area contributed by atoms with Crippen molar-refractivity contribution < 1.29 is 14.7 Å². The largest absolute Gasteiger partial charge is 0.388 e. The van der Waals surface area contributed by atoms with Crippen molar-refractivity contribution in [2.45, 2.75) is 25.4 Å². The zero-order chi connectivity index (χ0) is 19.9. The van der Waals surface area contributed by atoms with E-state index in [4.69, 9.17) is 0 Å². The number of amides is 2. The number of benzene rings is 2. The standard InChI is InChI=1S/C22H25BrN2O3/c23-19-8-6-18(7-9-19)22(28)24-13-10-20(26)25-14-11-17(12-15-25)21(27)16-4-2-1-3-5-16/h1-9,17,21,27H,10-15H2,(H,24,28)/t21-/m1/s1. The van der Waals surface area contributed by atoms with Crippen LogP contribution in [-0.4, -0.2) is 41.5 Å². The first-order valence-electron chi connectivity index (χ1n) is 9.59. The summed E-state index contributed by atoms with van der Waals surface area (Å²) in [6.45, 7) is 1.61. The predicted octanol–water partition coefficient (Wildman–Crippen LogP) is 3.54. The van der Waals surface area contributed by atoms with Crippen LogP contribution in [-0.2, 0) is 4.79 Å². The van der Waals surface area contributed by atoms with Crippen molar-refractivity contribution >= 4 is 27.7 Å².